The Morgan fingerprint density at radius 1 is 1.29 bits per heavy atom. The van der Waals surface area contributed by atoms with E-state index in [1.54, 1.807) is 12.4 Å². The van der Waals surface area contributed by atoms with Crippen LogP contribution >= 0.6 is 23.8 Å². The zero-order valence-electron chi connectivity index (χ0n) is 8.59. The molecule has 0 aliphatic heterocycles. The molecule has 84 valence electrons. The molecule has 17 heavy (non-hydrogen) atoms. The molecule has 6 heteroatoms. The summed E-state index contributed by atoms with van der Waals surface area (Å²) >= 11 is 11.2. The molecule has 0 bridgehead atoms. The molecule has 2 heterocycles. The predicted molar refractivity (Wildman–Crippen MR) is 68.6 cm³/mol. The number of imidazole rings is 1. The van der Waals surface area contributed by atoms with Crippen LogP contribution in [0.3, 0.4) is 0 Å². The van der Waals surface area contributed by atoms with Crippen LogP contribution in [0, 0.1) is 4.77 Å². The smallest absolute Gasteiger partial charge is 0.200 e. The third-order valence-electron chi connectivity index (χ3n) is 2.43. The number of aromatic nitrogens is 4. The van der Waals surface area contributed by atoms with E-state index in [-0.39, 0.29) is 0 Å². The first kappa shape index (κ1) is 10.4. The summed E-state index contributed by atoms with van der Waals surface area (Å²) in [4.78, 5) is 4.35. The summed E-state index contributed by atoms with van der Waals surface area (Å²) in [6.45, 7) is 0. The Bertz CT molecular complexity index is 746. The molecule has 0 unspecified atom stereocenters. The molecule has 0 aliphatic rings. The van der Waals surface area contributed by atoms with Crippen LogP contribution in [-0.2, 0) is 0 Å². The van der Waals surface area contributed by atoms with Gasteiger partial charge in [0.2, 0.25) is 0 Å². The minimum Gasteiger partial charge on any atom is -0.266 e. The summed E-state index contributed by atoms with van der Waals surface area (Å²) in [5.41, 5.74) is 1.77. The number of hydrogen-bond acceptors (Lipinski definition) is 3. The Morgan fingerprint density at radius 3 is 3.00 bits per heavy atom. The van der Waals surface area contributed by atoms with Gasteiger partial charge in [-0.15, -0.1) is 0 Å². The van der Waals surface area contributed by atoms with Crippen molar-refractivity contribution in [3.63, 3.8) is 0 Å². The van der Waals surface area contributed by atoms with E-state index in [9.17, 15) is 0 Å². The standard InChI is InChI=1S/C11H7ClN4S/c12-8-3-1-2-7(4-8)10-13-5-9-6-14-15-11(17)16(9)10/h1-6H,(H,15,17). The van der Waals surface area contributed by atoms with Gasteiger partial charge in [-0.1, -0.05) is 23.7 Å². The van der Waals surface area contributed by atoms with Crippen LogP contribution in [0.2, 0.25) is 5.02 Å². The van der Waals surface area contributed by atoms with Crippen molar-refractivity contribution < 1.29 is 0 Å². The Morgan fingerprint density at radius 2 is 2.18 bits per heavy atom. The summed E-state index contributed by atoms with van der Waals surface area (Å²) < 4.78 is 2.34. The van der Waals surface area contributed by atoms with Gasteiger partial charge in [0.1, 0.15) is 5.82 Å². The number of hydrogen-bond donors (Lipinski definition) is 1. The van der Waals surface area contributed by atoms with E-state index in [1.165, 1.54) is 0 Å². The molecule has 0 atom stereocenters. The average molecular weight is 263 g/mol. The van der Waals surface area contributed by atoms with E-state index in [1.807, 2.05) is 28.7 Å². The van der Waals surface area contributed by atoms with Crippen LogP contribution in [-0.4, -0.2) is 19.6 Å². The molecule has 1 N–H and O–H groups in total. The molecular weight excluding hydrogens is 256 g/mol. The minimum absolute atomic E-state index is 0.509. The first-order valence-electron chi connectivity index (χ1n) is 4.93. The molecule has 3 rings (SSSR count). The Balaban J connectivity index is 2.35. The van der Waals surface area contributed by atoms with Crippen molar-refractivity contribution in [1.82, 2.24) is 19.6 Å². The van der Waals surface area contributed by atoms with Crippen molar-refractivity contribution in [2.75, 3.05) is 0 Å². The lowest BCUT2D eigenvalue weighted by Gasteiger charge is -2.01. The number of benzene rings is 1. The van der Waals surface area contributed by atoms with E-state index < -0.39 is 0 Å². The Hall–Kier alpha value is -1.72. The average Bonchev–Trinajstić information content (AvgIpc) is 2.74. The highest BCUT2D eigenvalue weighted by atomic mass is 35.5. The SMILES string of the molecule is S=c1[nH]ncc2cnc(-c3cccc(Cl)c3)n12. The van der Waals surface area contributed by atoms with E-state index in [0.717, 1.165) is 16.9 Å². The summed E-state index contributed by atoms with van der Waals surface area (Å²) in [5, 5.41) is 7.33. The molecule has 0 radical (unpaired) electrons. The third kappa shape index (κ3) is 1.73. The lowest BCUT2D eigenvalue weighted by Crippen LogP contribution is -1.95. The van der Waals surface area contributed by atoms with Gasteiger partial charge in [0.15, 0.2) is 4.77 Å². The number of halogens is 1. The molecule has 2 aromatic heterocycles. The first-order valence-corrected chi connectivity index (χ1v) is 5.71. The van der Waals surface area contributed by atoms with Crippen LogP contribution in [0.15, 0.2) is 36.7 Å². The lowest BCUT2D eigenvalue weighted by molar-refractivity contribution is 0.927. The minimum atomic E-state index is 0.509. The fraction of sp³-hybridized carbons (Fsp3) is 0. The molecule has 0 amide bonds. The molecule has 0 fully saturated rings. The highest BCUT2D eigenvalue weighted by Gasteiger charge is 2.07. The van der Waals surface area contributed by atoms with Crippen LogP contribution in [0.1, 0.15) is 0 Å². The van der Waals surface area contributed by atoms with Gasteiger partial charge in [-0.25, -0.2) is 4.98 Å². The number of nitrogens with one attached hydrogen (secondary N) is 1. The van der Waals surface area contributed by atoms with Crippen LogP contribution in [0.4, 0.5) is 0 Å². The van der Waals surface area contributed by atoms with E-state index in [0.29, 0.717) is 9.79 Å². The van der Waals surface area contributed by atoms with Crippen molar-refractivity contribution in [3.8, 4) is 11.4 Å². The number of aromatic amines is 1. The topological polar surface area (TPSA) is 46.0 Å². The molecule has 0 spiro atoms. The van der Waals surface area contributed by atoms with Crippen molar-refractivity contribution in [1.29, 1.82) is 0 Å². The highest BCUT2D eigenvalue weighted by Crippen LogP contribution is 2.22. The van der Waals surface area contributed by atoms with Gasteiger partial charge in [0, 0.05) is 10.6 Å². The Labute approximate surface area is 107 Å². The summed E-state index contributed by atoms with van der Waals surface area (Å²) in [6.07, 6.45) is 3.41. The van der Waals surface area contributed by atoms with Gasteiger partial charge in [-0.3, -0.25) is 9.50 Å². The maximum atomic E-state index is 5.97. The molecule has 3 aromatic rings. The van der Waals surface area contributed by atoms with Crippen LogP contribution in [0.5, 0.6) is 0 Å². The van der Waals surface area contributed by atoms with E-state index >= 15 is 0 Å². The van der Waals surface area contributed by atoms with Crippen molar-refractivity contribution in [3.05, 3.63) is 46.5 Å². The second-order valence-corrected chi connectivity index (χ2v) is 4.35. The maximum Gasteiger partial charge on any atom is 0.200 e. The molecule has 1 aromatic carbocycles. The summed E-state index contributed by atoms with van der Waals surface area (Å²) in [7, 11) is 0. The summed E-state index contributed by atoms with van der Waals surface area (Å²) in [5.74, 6) is 0.756. The third-order valence-corrected chi connectivity index (χ3v) is 2.94. The van der Waals surface area contributed by atoms with Crippen molar-refractivity contribution in [2.45, 2.75) is 0 Å². The van der Waals surface area contributed by atoms with E-state index in [4.69, 9.17) is 23.8 Å². The largest absolute Gasteiger partial charge is 0.266 e. The second-order valence-electron chi connectivity index (χ2n) is 3.53. The zero-order chi connectivity index (χ0) is 11.8. The fourth-order valence-corrected chi connectivity index (χ4v) is 2.14. The number of nitrogens with zero attached hydrogens (tertiary/aromatic N) is 3. The molecule has 4 nitrogen and oxygen atoms in total. The second kappa shape index (κ2) is 3.94. The van der Waals surface area contributed by atoms with Gasteiger partial charge in [-0.05, 0) is 24.4 Å². The lowest BCUT2D eigenvalue weighted by atomic mass is 10.2. The zero-order valence-corrected chi connectivity index (χ0v) is 10.2. The molecule has 0 aliphatic carbocycles. The van der Waals surface area contributed by atoms with Gasteiger partial charge in [0.25, 0.3) is 0 Å². The van der Waals surface area contributed by atoms with Crippen molar-refractivity contribution in [2.24, 2.45) is 0 Å². The highest BCUT2D eigenvalue weighted by molar-refractivity contribution is 7.71. The number of fused-ring (bicyclic) bond motifs is 1. The van der Waals surface area contributed by atoms with E-state index in [2.05, 4.69) is 15.2 Å². The van der Waals surface area contributed by atoms with Gasteiger partial charge in [0.05, 0.1) is 17.9 Å². The predicted octanol–water partition coefficient (Wildman–Crippen LogP) is 3.11. The number of H-pyrrole nitrogens is 1. The van der Waals surface area contributed by atoms with Gasteiger partial charge < -0.3 is 0 Å². The van der Waals surface area contributed by atoms with Crippen LogP contribution < -0.4 is 0 Å². The first-order chi connectivity index (χ1) is 8.25. The van der Waals surface area contributed by atoms with Gasteiger partial charge in [-0.2, -0.15) is 5.10 Å². The summed E-state index contributed by atoms with van der Waals surface area (Å²) in [6, 6.07) is 7.50. The number of rotatable bonds is 1. The molecule has 0 saturated carbocycles. The fourth-order valence-electron chi connectivity index (χ4n) is 1.70. The van der Waals surface area contributed by atoms with Gasteiger partial charge >= 0.3 is 0 Å². The molecule has 0 saturated heterocycles. The van der Waals surface area contributed by atoms with Crippen LogP contribution in [0.25, 0.3) is 16.9 Å². The molecular formula is C11H7ClN4S. The Kier molecular flexibility index (Phi) is 2.42. The maximum absolute atomic E-state index is 5.97. The monoisotopic (exact) mass is 262 g/mol. The van der Waals surface area contributed by atoms with Crippen molar-refractivity contribution >= 4 is 29.3 Å². The quantitative estimate of drug-likeness (QED) is 0.686. The normalized spacial score (nSPS) is 10.9.